The number of rotatable bonds is 11. The normalized spacial score (nSPS) is 10.6. The second-order valence-electron chi connectivity index (χ2n) is 7.73. The first-order valence-electron chi connectivity index (χ1n) is 11.6. The predicted octanol–water partition coefficient (Wildman–Crippen LogP) is 5.31. The van der Waals surface area contributed by atoms with Crippen LogP contribution in [0.15, 0.2) is 85.1 Å². The predicted molar refractivity (Wildman–Crippen MR) is 135 cm³/mol. The molecule has 0 saturated heterocycles. The number of hydrogen-bond acceptors (Lipinski definition) is 5. The van der Waals surface area contributed by atoms with Crippen LogP contribution in [0.3, 0.4) is 0 Å². The van der Waals surface area contributed by atoms with E-state index in [-0.39, 0.29) is 12.6 Å². The lowest BCUT2D eigenvalue weighted by molar-refractivity contribution is 0.0943. The molecular weight excluding hydrogens is 442 g/mol. The molecule has 0 aliphatic heterocycles. The molecule has 7 nitrogen and oxygen atoms in total. The van der Waals surface area contributed by atoms with E-state index in [1.165, 1.54) is 0 Å². The summed E-state index contributed by atoms with van der Waals surface area (Å²) in [5, 5.41) is 7.22. The molecule has 0 spiro atoms. The molecule has 0 radical (unpaired) electrons. The largest absolute Gasteiger partial charge is 0.490 e. The van der Waals surface area contributed by atoms with Crippen molar-refractivity contribution in [3.8, 4) is 28.4 Å². The van der Waals surface area contributed by atoms with Crippen LogP contribution in [0.25, 0.3) is 11.1 Å². The van der Waals surface area contributed by atoms with Crippen molar-refractivity contribution in [3.05, 3.63) is 96.3 Å². The van der Waals surface area contributed by atoms with E-state index >= 15 is 0 Å². The highest BCUT2D eigenvalue weighted by atomic mass is 16.5. The Kier molecular flexibility index (Phi) is 8.01. The molecule has 0 aliphatic rings. The topological polar surface area (TPSA) is 74.6 Å². The molecule has 4 rings (SSSR count). The van der Waals surface area contributed by atoms with Gasteiger partial charge >= 0.3 is 0 Å². The van der Waals surface area contributed by atoms with Gasteiger partial charge in [-0.2, -0.15) is 5.10 Å². The summed E-state index contributed by atoms with van der Waals surface area (Å²) in [6.07, 6.45) is 1.72. The van der Waals surface area contributed by atoms with E-state index in [1.807, 2.05) is 74.5 Å². The summed E-state index contributed by atoms with van der Waals surface area (Å²) in [6.45, 7) is 5.49. The molecule has 3 aromatic carbocycles. The van der Waals surface area contributed by atoms with Gasteiger partial charge in [0.2, 0.25) is 0 Å². The van der Waals surface area contributed by atoms with Crippen molar-refractivity contribution in [1.29, 1.82) is 0 Å². The molecule has 0 fully saturated rings. The molecule has 0 saturated carbocycles. The maximum absolute atomic E-state index is 12.6. The first-order chi connectivity index (χ1) is 17.2. The van der Waals surface area contributed by atoms with E-state index in [9.17, 15) is 4.79 Å². The molecule has 35 heavy (non-hydrogen) atoms. The van der Waals surface area contributed by atoms with Gasteiger partial charge in [-0.15, -0.1) is 0 Å². The van der Waals surface area contributed by atoms with Gasteiger partial charge in [-0.25, -0.2) is 4.68 Å². The lowest BCUT2D eigenvalue weighted by Gasteiger charge is -2.12. The summed E-state index contributed by atoms with van der Waals surface area (Å²) < 4.78 is 18.6. The molecule has 0 atom stereocenters. The summed E-state index contributed by atoms with van der Waals surface area (Å²) in [4.78, 5) is 12.6. The van der Waals surface area contributed by atoms with Gasteiger partial charge in [-0.1, -0.05) is 48.5 Å². The molecule has 0 aliphatic carbocycles. The highest BCUT2D eigenvalue weighted by molar-refractivity contribution is 5.92. The van der Waals surface area contributed by atoms with Crippen LogP contribution in [-0.2, 0) is 13.3 Å². The number of amides is 1. The van der Waals surface area contributed by atoms with E-state index in [0.29, 0.717) is 37.0 Å². The highest BCUT2D eigenvalue weighted by Gasteiger charge is 2.11. The van der Waals surface area contributed by atoms with Crippen molar-refractivity contribution in [2.24, 2.45) is 0 Å². The van der Waals surface area contributed by atoms with Gasteiger partial charge < -0.3 is 19.5 Å². The van der Waals surface area contributed by atoms with E-state index in [0.717, 1.165) is 22.4 Å². The van der Waals surface area contributed by atoms with Crippen molar-refractivity contribution >= 4 is 5.91 Å². The van der Waals surface area contributed by atoms with E-state index in [4.69, 9.17) is 14.2 Å². The van der Waals surface area contributed by atoms with Crippen LogP contribution in [0.2, 0.25) is 0 Å². The summed E-state index contributed by atoms with van der Waals surface area (Å²) in [5.74, 6) is 1.83. The molecule has 1 heterocycles. The Balaban J connectivity index is 1.30. The van der Waals surface area contributed by atoms with E-state index < -0.39 is 0 Å². The number of hydrogen-bond donors (Lipinski definition) is 1. The van der Waals surface area contributed by atoms with Crippen LogP contribution >= 0.6 is 0 Å². The van der Waals surface area contributed by atoms with Crippen molar-refractivity contribution in [1.82, 2.24) is 15.1 Å². The standard InChI is InChI=1S/C28H29N3O4/c1-3-33-26-15-10-21(18-27(26)34-4-2)19-29-28(32)25-16-17-31(30-25)20-35-24-13-11-23(12-14-24)22-8-6-5-7-9-22/h5-18H,3-4,19-20H2,1-2H3,(H,29,32). The van der Waals surface area contributed by atoms with Crippen LogP contribution in [0, 0.1) is 0 Å². The van der Waals surface area contributed by atoms with Gasteiger partial charge in [-0.3, -0.25) is 4.79 Å². The van der Waals surface area contributed by atoms with Crippen molar-refractivity contribution in [2.75, 3.05) is 13.2 Å². The van der Waals surface area contributed by atoms with Crippen LogP contribution in [0.1, 0.15) is 29.9 Å². The zero-order chi connectivity index (χ0) is 24.5. The Morgan fingerprint density at radius 2 is 1.54 bits per heavy atom. The maximum atomic E-state index is 12.6. The number of nitrogens with one attached hydrogen (secondary N) is 1. The van der Waals surface area contributed by atoms with Gasteiger partial charge in [0.25, 0.3) is 5.91 Å². The molecule has 1 N–H and O–H groups in total. The zero-order valence-corrected chi connectivity index (χ0v) is 19.9. The van der Waals surface area contributed by atoms with Gasteiger partial charge in [0.15, 0.2) is 18.2 Å². The molecule has 1 amide bonds. The quantitative estimate of drug-likeness (QED) is 0.321. The molecule has 0 bridgehead atoms. The molecular formula is C28H29N3O4. The minimum absolute atomic E-state index is 0.203. The average Bonchev–Trinajstić information content (AvgIpc) is 3.38. The minimum atomic E-state index is -0.261. The number of nitrogens with zero attached hydrogens (tertiary/aromatic N) is 2. The second-order valence-corrected chi connectivity index (χ2v) is 7.73. The number of benzene rings is 3. The molecule has 180 valence electrons. The summed E-state index contributed by atoms with van der Waals surface area (Å²) in [5.41, 5.74) is 3.51. The fourth-order valence-corrected chi connectivity index (χ4v) is 3.55. The van der Waals surface area contributed by atoms with Crippen LogP contribution in [-0.4, -0.2) is 28.9 Å². The van der Waals surface area contributed by atoms with Crippen molar-refractivity contribution < 1.29 is 19.0 Å². The molecule has 1 aromatic heterocycles. The zero-order valence-electron chi connectivity index (χ0n) is 19.9. The van der Waals surface area contributed by atoms with Gasteiger partial charge in [-0.05, 0) is 60.9 Å². The average molecular weight is 472 g/mol. The summed E-state index contributed by atoms with van der Waals surface area (Å²) in [7, 11) is 0. The number of aromatic nitrogens is 2. The highest BCUT2D eigenvalue weighted by Crippen LogP contribution is 2.28. The summed E-state index contributed by atoms with van der Waals surface area (Å²) >= 11 is 0. The van der Waals surface area contributed by atoms with Crippen LogP contribution in [0.5, 0.6) is 17.2 Å². The molecule has 4 aromatic rings. The van der Waals surface area contributed by atoms with E-state index in [1.54, 1.807) is 16.9 Å². The fourth-order valence-electron chi connectivity index (χ4n) is 3.55. The van der Waals surface area contributed by atoms with Crippen molar-refractivity contribution in [3.63, 3.8) is 0 Å². The first kappa shape index (κ1) is 23.9. The Labute approximate surface area is 205 Å². The number of ether oxygens (including phenoxy) is 3. The van der Waals surface area contributed by atoms with Crippen LogP contribution < -0.4 is 19.5 Å². The Bertz CT molecular complexity index is 1240. The van der Waals surface area contributed by atoms with E-state index in [2.05, 4.69) is 22.5 Å². The van der Waals surface area contributed by atoms with Gasteiger partial charge in [0, 0.05) is 12.7 Å². The SMILES string of the molecule is CCOc1ccc(CNC(=O)c2ccn(COc3ccc(-c4ccccc4)cc3)n2)cc1OCC. The smallest absolute Gasteiger partial charge is 0.272 e. The van der Waals surface area contributed by atoms with Gasteiger partial charge in [0.1, 0.15) is 11.4 Å². The third-order valence-corrected chi connectivity index (χ3v) is 5.26. The Hall–Kier alpha value is -4.26. The number of carbonyl (C=O) groups is 1. The lowest BCUT2D eigenvalue weighted by atomic mass is 10.1. The fraction of sp³-hybridized carbons (Fsp3) is 0.214. The minimum Gasteiger partial charge on any atom is -0.490 e. The maximum Gasteiger partial charge on any atom is 0.272 e. The number of carbonyl (C=O) groups excluding carboxylic acids is 1. The Morgan fingerprint density at radius 3 is 2.29 bits per heavy atom. The second kappa shape index (κ2) is 11.7. The summed E-state index contributed by atoms with van der Waals surface area (Å²) in [6, 6.07) is 25.4. The van der Waals surface area contributed by atoms with Crippen molar-refractivity contribution in [2.45, 2.75) is 27.1 Å². The van der Waals surface area contributed by atoms with Crippen LogP contribution in [0.4, 0.5) is 0 Å². The molecule has 0 unspecified atom stereocenters. The third-order valence-electron chi connectivity index (χ3n) is 5.26. The monoisotopic (exact) mass is 471 g/mol. The Morgan fingerprint density at radius 1 is 0.829 bits per heavy atom. The third kappa shape index (κ3) is 6.41. The lowest BCUT2D eigenvalue weighted by Crippen LogP contribution is -2.23. The van der Waals surface area contributed by atoms with Gasteiger partial charge in [0.05, 0.1) is 13.2 Å². The molecule has 7 heteroatoms. The first-order valence-corrected chi connectivity index (χ1v) is 11.6.